The normalized spacial score (nSPS) is 11.0. The van der Waals surface area contributed by atoms with Crippen molar-refractivity contribution in [3.8, 4) is 17.1 Å². The molecule has 0 aliphatic carbocycles. The second-order valence-corrected chi connectivity index (χ2v) is 5.98. The molecule has 0 aliphatic heterocycles. The zero-order valence-corrected chi connectivity index (χ0v) is 15.3. The van der Waals surface area contributed by atoms with Gasteiger partial charge in [0.1, 0.15) is 11.6 Å². The molecule has 0 aliphatic rings. The molecule has 3 rings (SSSR count). The summed E-state index contributed by atoms with van der Waals surface area (Å²) in [6, 6.07) is 7.37. The monoisotopic (exact) mass is 390 g/mol. The molecule has 0 bridgehead atoms. The van der Waals surface area contributed by atoms with Gasteiger partial charge in [0.05, 0.1) is 13.3 Å². The quantitative estimate of drug-likeness (QED) is 0.607. The summed E-state index contributed by atoms with van der Waals surface area (Å²) >= 11 is 0. The number of methoxy groups -OCH3 is 1. The fourth-order valence-electron chi connectivity index (χ4n) is 2.65. The molecule has 1 amide bonds. The number of amides is 1. The second kappa shape index (κ2) is 9.12. The molecule has 2 aromatic heterocycles. The third kappa shape index (κ3) is 4.93. The number of nitrogens with zero attached hydrogens (tertiary/aromatic N) is 3. The average Bonchev–Trinajstić information content (AvgIpc) is 3.36. The van der Waals surface area contributed by atoms with Crippen LogP contribution < -0.4 is 10.1 Å². The van der Waals surface area contributed by atoms with Crippen LogP contribution in [0.5, 0.6) is 5.75 Å². The van der Waals surface area contributed by atoms with E-state index in [0.717, 1.165) is 15.9 Å². The van der Waals surface area contributed by atoms with Gasteiger partial charge in [0, 0.05) is 43.8 Å². The van der Waals surface area contributed by atoms with Crippen molar-refractivity contribution in [3.63, 3.8) is 0 Å². The third-order valence-corrected chi connectivity index (χ3v) is 4.12. The van der Waals surface area contributed by atoms with Gasteiger partial charge >= 0.3 is 6.55 Å². The van der Waals surface area contributed by atoms with Gasteiger partial charge in [-0.05, 0) is 24.3 Å². The zero-order valence-electron chi connectivity index (χ0n) is 15.3. The minimum absolute atomic E-state index is 0.186. The Hall–Kier alpha value is -3.23. The summed E-state index contributed by atoms with van der Waals surface area (Å²) in [5, 5.41) is 2.69. The van der Waals surface area contributed by atoms with Crippen molar-refractivity contribution in [1.82, 2.24) is 19.9 Å². The predicted octanol–water partition coefficient (Wildman–Crippen LogP) is 3.23. The fraction of sp³-hybridized carbons (Fsp3) is 0.316. The minimum atomic E-state index is -2.64. The minimum Gasteiger partial charge on any atom is -0.497 e. The van der Waals surface area contributed by atoms with Crippen molar-refractivity contribution < 1.29 is 22.7 Å². The van der Waals surface area contributed by atoms with E-state index in [9.17, 15) is 13.6 Å². The van der Waals surface area contributed by atoms with E-state index < -0.39 is 6.55 Å². The van der Waals surface area contributed by atoms with Crippen LogP contribution in [-0.4, -0.2) is 34.1 Å². The molecule has 0 radical (unpaired) electrons. The molecular weight excluding hydrogens is 370 g/mol. The molecule has 1 N–H and O–H groups in total. The summed E-state index contributed by atoms with van der Waals surface area (Å²) in [5.41, 5.74) is 0.860. The van der Waals surface area contributed by atoms with Crippen molar-refractivity contribution in [2.24, 2.45) is 0 Å². The first kappa shape index (κ1) is 19.5. The van der Waals surface area contributed by atoms with E-state index in [-0.39, 0.29) is 31.1 Å². The van der Waals surface area contributed by atoms with Crippen LogP contribution in [0.4, 0.5) is 8.78 Å². The largest absolute Gasteiger partial charge is 0.497 e. The van der Waals surface area contributed by atoms with E-state index in [0.29, 0.717) is 18.1 Å². The number of rotatable bonds is 9. The molecule has 0 unspecified atom stereocenters. The SMILES string of the molecule is COc1ccc(-c2cnc(CCC(=O)NCCc3nccn3C(F)F)o2)cc1. The van der Waals surface area contributed by atoms with E-state index >= 15 is 0 Å². The predicted molar refractivity (Wildman–Crippen MR) is 97.0 cm³/mol. The number of aryl methyl sites for hydroxylation is 1. The molecule has 0 atom stereocenters. The lowest BCUT2D eigenvalue weighted by Crippen LogP contribution is -2.26. The Morgan fingerprint density at radius 1 is 1.25 bits per heavy atom. The van der Waals surface area contributed by atoms with Gasteiger partial charge in [-0.25, -0.2) is 9.97 Å². The van der Waals surface area contributed by atoms with Crippen LogP contribution in [0.25, 0.3) is 11.3 Å². The summed E-state index contributed by atoms with van der Waals surface area (Å²) < 4.78 is 37.0. The molecule has 3 aromatic rings. The lowest BCUT2D eigenvalue weighted by atomic mass is 10.2. The Morgan fingerprint density at radius 3 is 2.75 bits per heavy atom. The number of imidazole rings is 1. The summed E-state index contributed by atoms with van der Waals surface area (Å²) in [6.45, 7) is -2.41. The van der Waals surface area contributed by atoms with Crippen molar-refractivity contribution >= 4 is 5.91 Å². The summed E-state index contributed by atoms with van der Waals surface area (Å²) in [4.78, 5) is 20.0. The van der Waals surface area contributed by atoms with E-state index in [1.165, 1.54) is 12.4 Å². The van der Waals surface area contributed by atoms with Gasteiger partial charge in [-0.3, -0.25) is 9.36 Å². The number of aromatic nitrogens is 3. The summed E-state index contributed by atoms with van der Waals surface area (Å²) in [6.07, 6.45) is 4.89. The van der Waals surface area contributed by atoms with Crippen molar-refractivity contribution in [2.45, 2.75) is 25.8 Å². The fourth-order valence-corrected chi connectivity index (χ4v) is 2.65. The van der Waals surface area contributed by atoms with Crippen LogP contribution in [0.15, 0.2) is 47.3 Å². The first-order valence-corrected chi connectivity index (χ1v) is 8.72. The summed E-state index contributed by atoms with van der Waals surface area (Å²) in [5.74, 6) is 1.83. The van der Waals surface area contributed by atoms with Gasteiger partial charge in [0.15, 0.2) is 11.7 Å². The Balaban J connectivity index is 1.44. The molecule has 9 heteroatoms. The molecule has 0 spiro atoms. The number of hydrogen-bond acceptors (Lipinski definition) is 5. The first-order valence-electron chi connectivity index (χ1n) is 8.72. The summed E-state index contributed by atoms with van der Waals surface area (Å²) in [7, 11) is 1.60. The zero-order chi connectivity index (χ0) is 19.9. The molecule has 2 heterocycles. The molecule has 0 saturated carbocycles. The third-order valence-electron chi connectivity index (χ3n) is 4.12. The topological polar surface area (TPSA) is 82.2 Å². The van der Waals surface area contributed by atoms with Gasteiger partial charge in [-0.1, -0.05) is 0 Å². The average molecular weight is 390 g/mol. The van der Waals surface area contributed by atoms with Crippen LogP contribution >= 0.6 is 0 Å². The van der Waals surface area contributed by atoms with Crippen LogP contribution in [-0.2, 0) is 17.6 Å². The Morgan fingerprint density at radius 2 is 2.04 bits per heavy atom. The highest BCUT2D eigenvalue weighted by atomic mass is 19.3. The Labute approximate surface area is 160 Å². The van der Waals surface area contributed by atoms with E-state index in [1.54, 1.807) is 13.3 Å². The number of ether oxygens (including phenoxy) is 1. The maximum absolute atomic E-state index is 12.7. The van der Waals surface area contributed by atoms with Crippen molar-refractivity contribution in [2.75, 3.05) is 13.7 Å². The van der Waals surface area contributed by atoms with Gasteiger partial charge < -0.3 is 14.5 Å². The van der Waals surface area contributed by atoms with Crippen LogP contribution in [0.2, 0.25) is 0 Å². The van der Waals surface area contributed by atoms with Crippen molar-refractivity contribution in [1.29, 1.82) is 0 Å². The van der Waals surface area contributed by atoms with Crippen molar-refractivity contribution in [3.05, 3.63) is 54.6 Å². The highest BCUT2D eigenvalue weighted by molar-refractivity contribution is 5.76. The molecule has 7 nitrogen and oxygen atoms in total. The lowest BCUT2D eigenvalue weighted by molar-refractivity contribution is -0.121. The van der Waals surface area contributed by atoms with Crippen LogP contribution in [0.3, 0.4) is 0 Å². The molecule has 1 aromatic carbocycles. The smallest absolute Gasteiger partial charge is 0.319 e. The van der Waals surface area contributed by atoms with E-state index in [4.69, 9.17) is 9.15 Å². The standard InChI is InChI=1S/C19H20F2N4O3/c1-27-14-4-2-13(3-5-14)15-12-24-18(28-15)7-6-17(26)23-9-8-16-22-10-11-25(16)19(20)21/h2-5,10-12,19H,6-9H2,1H3,(H,23,26). The first-order chi connectivity index (χ1) is 13.6. The Bertz CT molecular complexity index is 906. The molecule has 0 saturated heterocycles. The van der Waals surface area contributed by atoms with Crippen LogP contribution in [0.1, 0.15) is 24.7 Å². The maximum Gasteiger partial charge on any atom is 0.319 e. The maximum atomic E-state index is 12.7. The van der Waals surface area contributed by atoms with E-state index in [2.05, 4.69) is 15.3 Å². The number of carbonyl (C=O) groups is 1. The second-order valence-electron chi connectivity index (χ2n) is 5.98. The van der Waals surface area contributed by atoms with E-state index in [1.807, 2.05) is 24.3 Å². The number of oxazole rings is 1. The number of halogens is 2. The number of alkyl halides is 2. The number of nitrogens with one attached hydrogen (secondary N) is 1. The number of benzene rings is 1. The molecule has 0 fully saturated rings. The highest BCUT2D eigenvalue weighted by Crippen LogP contribution is 2.23. The molecule has 148 valence electrons. The highest BCUT2D eigenvalue weighted by Gasteiger charge is 2.12. The van der Waals surface area contributed by atoms with Gasteiger partial charge in [-0.15, -0.1) is 0 Å². The van der Waals surface area contributed by atoms with Gasteiger partial charge in [0.2, 0.25) is 5.91 Å². The Kier molecular flexibility index (Phi) is 6.36. The number of carbonyl (C=O) groups excluding carboxylic acids is 1. The van der Waals surface area contributed by atoms with Gasteiger partial charge in [0.25, 0.3) is 0 Å². The lowest BCUT2D eigenvalue weighted by Gasteiger charge is -2.07. The molecular formula is C19H20F2N4O3. The number of hydrogen-bond donors (Lipinski definition) is 1. The molecule has 28 heavy (non-hydrogen) atoms. The van der Waals surface area contributed by atoms with Gasteiger partial charge in [-0.2, -0.15) is 8.78 Å². The van der Waals surface area contributed by atoms with Crippen LogP contribution in [0, 0.1) is 0 Å².